The van der Waals surface area contributed by atoms with Crippen LogP contribution in [-0.2, 0) is 13.2 Å². The summed E-state index contributed by atoms with van der Waals surface area (Å²) < 4.78 is 20.3. The third kappa shape index (κ3) is 5.14. The third-order valence-corrected chi connectivity index (χ3v) is 3.77. The van der Waals surface area contributed by atoms with Crippen LogP contribution < -0.4 is 10.1 Å². The van der Waals surface area contributed by atoms with Gasteiger partial charge in [-0.15, -0.1) is 0 Å². The Hall–Kier alpha value is -1.39. The molecule has 1 N–H and O–H groups in total. The smallest absolute Gasteiger partial charge is 0.127 e. The van der Waals surface area contributed by atoms with Gasteiger partial charge in [-0.25, -0.2) is 4.39 Å². The average molecular weight is 352 g/mol. The van der Waals surface area contributed by atoms with Crippen molar-refractivity contribution in [1.29, 1.82) is 0 Å². The fourth-order valence-corrected chi connectivity index (χ4v) is 2.30. The van der Waals surface area contributed by atoms with E-state index in [1.54, 1.807) is 0 Å². The van der Waals surface area contributed by atoms with Crippen molar-refractivity contribution >= 4 is 15.9 Å². The van der Waals surface area contributed by atoms with E-state index in [1.165, 1.54) is 12.1 Å². The van der Waals surface area contributed by atoms with E-state index in [1.807, 2.05) is 30.3 Å². The van der Waals surface area contributed by atoms with Crippen LogP contribution in [0.1, 0.15) is 25.0 Å². The van der Waals surface area contributed by atoms with E-state index in [0.29, 0.717) is 24.9 Å². The highest BCUT2D eigenvalue weighted by atomic mass is 79.9. The van der Waals surface area contributed by atoms with Gasteiger partial charge in [0.25, 0.3) is 0 Å². The molecule has 4 heteroatoms. The van der Waals surface area contributed by atoms with E-state index < -0.39 is 0 Å². The first-order valence-electron chi connectivity index (χ1n) is 6.93. The predicted octanol–water partition coefficient (Wildman–Crippen LogP) is 4.67. The molecule has 0 bridgehead atoms. The highest BCUT2D eigenvalue weighted by molar-refractivity contribution is 9.10. The molecule has 0 spiro atoms. The maximum Gasteiger partial charge on any atom is 0.127 e. The Morgan fingerprint density at radius 1 is 1.19 bits per heavy atom. The van der Waals surface area contributed by atoms with Crippen LogP contribution in [0.15, 0.2) is 46.9 Å². The lowest BCUT2D eigenvalue weighted by Gasteiger charge is -2.12. The monoisotopic (exact) mass is 351 g/mol. The summed E-state index contributed by atoms with van der Waals surface area (Å²) in [5.41, 5.74) is 1.91. The van der Waals surface area contributed by atoms with Crippen molar-refractivity contribution < 1.29 is 9.13 Å². The molecule has 112 valence electrons. The van der Waals surface area contributed by atoms with Gasteiger partial charge >= 0.3 is 0 Å². The minimum Gasteiger partial charge on any atom is -0.489 e. The molecule has 0 radical (unpaired) electrons. The number of rotatable bonds is 6. The summed E-state index contributed by atoms with van der Waals surface area (Å²) in [5.74, 6) is 0.270. The normalized spacial score (nSPS) is 10.9. The minimum absolute atomic E-state index is 0.278. The number of hydrogen-bond acceptors (Lipinski definition) is 2. The van der Waals surface area contributed by atoms with Gasteiger partial charge in [-0.05, 0) is 23.8 Å². The van der Waals surface area contributed by atoms with Crippen LogP contribution in [0.2, 0.25) is 0 Å². The van der Waals surface area contributed by atoms with Crippen LogP contribution >= 0.6 is 15.9 Å². The Kier molecular flexibility index (Phi) is 5.76. The Bertz CT molecular complexity index is 601. The SMILES string of the molecule is CC(C)NCc1cc(F)cc(OCc2ccccc2Br)c1. The summed E-state index contributed by atoms with van der Waals surface area (Å²) in [6, 6.07) is 13.0. The topological polar surface area (TPSA) is 21.3 Å². The van der Waals surface area contributed by atoms with Gasteiger partial charge in [0, 0.05) is 28.7 Å². The molecule has 0 amide bonds. The quantitative estimate of drug-likeness (QED) is 0.816. The first-order valence-corrected chi connectivity index (χ1v) is 7.73. The Labute approximate surface area is 133 Å². The van der Waals surface area contributed by atoms with Crippen LogP contribution in [0.3, 0.4) is 0 Å². The second kappa shape index (κ2) is 7.57. The van der Waals surface area contributed by atoms with Crippen molar-refractivity contribution in [2.24, 2.45) is 0 Å². The van der Waals surface area contributed by atoms with Crippen LogP contribution in [0.4, 0.5) is 4.39 Å². The molecule has 0 aliphatic heterocycles. The van der Waals surface area contributed by atoms with Crippen LogP contribution in [-0.4, -0.2) is 6.04 Å². The fraction of sp³-hybridized carbons (Fsp3) is 0.294. The van der Waals surface area contributed by atoms with E-state index in [0.717, 1.165) is 15.6 Å². The molecule has 0 unspecified atom stereocenters. The summed E-state index contributed by atoms with van der Waals surface area (Å²) in [7, 11) is 0. The zero-order valence-electron chi connectivity index (χ0n) is 12.2. The van der Waals surface area contributed by atoms with Crippen LogP contribution in [0, 0.1) is 5.82 Å². The summed E-state index contributed by atoms with van der Waals surface area (Å²) in [4.78, 5) is 0. The van der Waals surface area contributed by atoms with Gasteiger partial charge < -0.3 is 10.1 Å². The maximum atomic E-state index is 13.6. The van der Waals surface area contributed by atoms with E-state index >= 15 is 0 Å². The molecule has 0 aliphatic rings. The molecule has 0 aromatic heterocycles. The second-order valence-electron chi connectivity index (χ2n) is 5.21. The van der Waals surface area contributed by atoms with Crippen LogP contribution in [0.5, 0.6) is 5.75 Å². The molecule has 0 fully saturated rings. The van der Waals surface area contributed by atoms with E-state index in [4.69, 9.17) is 4.74 Å². The molecule has 0 saturated heterocycles. The molecule has 2 rings (SSSR count). The lowest BCUT2D eigenvalue weighted by atomic mass is 10.2. The fourth-order valence-electron chi connectivity index (χ4n) is 1.90. The van der Waals surface area contributed by atoms with Crippen molar-refractivity contribution in [2.45, 2.75) is 33.0 Å². The van der Waals surface area contributed by atoms with Gasteiger partial charge in [0.1, 0.15) is 18.2 Å². The van der Waals surface area contributed by atoms with Crippen molar-refractivity contribution in [1.82, 2.24) is 5.32 Å². The van der Waals surface area contributed by atoms with Crippen molar-refractivity contribution in [3.63, 3.8) is 0 Å². The molecule has 0 saturated carbocycles. The third-order valence-electron chi connectivity index (χ3n) is 3.00. The molecular weight excluding hydrogens is 333 g/mol. The standard InChI is InChI=1S/C17H19BrFNO/c1-12(2)20-10-13-7-15(19)9-16(8-13)21-11-14-5-3-4-6-17(14)18/h3-9,12,20H,10-11H2,1-2H3. The van der Waals surface area contributed by atoms with Crippen molar-refractivity contribution in [3.8, 4) is 5.75 Å². The van der Waals surface area contributed by atoms with Gasteiger partial charge in [-0.1, -0.05) is 48.0 Å². The number of benzene rings is 2. The maximum absolute atomic E-state index is 13.6. The lowest BCUT2D eigenvalue weighted by Crippen LogP contribution is -2.21. The number of halogens is 2. The molecule has 2 aromatic carbocycles. The highest BCUT2D eigenvalue weighted by Gasteiger charge is 2.05. The first-order chi connectivity index (χ1) is 10.0. The van der Waals surface area contributed by atoms with Gasteiger partial charge in [0.15, 0.2) is 0 Å². The molecule has 2 nitrogen and oxygen atoms in total. The van der Waals surface area contributed by atoms with Crippen molar-refractivity contribution in [3.05, 3.63) is 63.9 Å². The van der Waals surface area contributed by atoms with E-state index in [9.17, 15) is 4.39 Å². The molecule has 21 heavy (non-hydrogen) atoms. The minimum atomic E-state index is -0.278. The summed E-state index contributed by atoms with van der Waals surface area (Å²) in [6.45, 7) is 5.15. The average Bonchev–Trinajstić information content (AvgIpc) is 2.44. The molecule has 0 heterocycles. The molecular formula is C17H19BrFNO. The van der Waals surface area contributed by atoms with Gasteiger partial charge in [-0.3, -0.25) is 0 Å². The van der Waals surface area contributed by atoms with E-state index in [-0.39, 0.29) is 5.82 Å². The van der Waals surface area contributed by atoms with Gasteiger partial charge in [0.05, 0.1) is 0 Å². The van der Waals surface area contributed by atoms with E-state index in [2.05, 4.69) is 35.1 Å². The molecule has 2 aromatic rings. The summed E-state index contributed by atoms with van der Waals surface area (Å²) in [5, 5.41) is 3.27. The lowest BCUT2D eigenvalue weighted by molar-refractivity contribution is 0.303. The zero-order chi connectivity index (χ0) is 15.2. The zero-order valence-corrected chi connectivity index (χ0v) is 13.8. The number of hydrogen-bond donors (Lipinski definition) is 1. The number of ether oxygens (including phenoxy) is 1. The second-order valence-corrected chi connectivity index (χ2v) is 6.07. The Balaban J connectivity index is 2.04. The predicted molar refractivity (Wildman–Crippen MR) is 86.8 cm³/mol. The Morgan fingerprint density at radius 2 is 1.95 bits per heavy atom. The summed E-state index contributed by atoms with van der Waals surface area (Å²) in [6.07, 6.45) is 0. The highest BCUT2D eigenvalue weighted by Crippen LogP contribution is 2.21. The summed E-state index contributed by atoms with van der Waals surface area (Å²) >= 11 is 3.48. The molecule has 0 aliphatic carbocycles. The van der Waals surface area contributed by atoms with Crippen molar-refractivity contribution in [2.75, 3.05) is 0 Å². The molecule has 0 atom stereocenters. The Morgan fingerprint density at radius 3 is 2.67 bits per heavy atom. The van der Waals surface area contributed by atoms with Gasteiger partial charge in [0.2, 0.25) is 0 Å². The largest absolute Gasteiger partial charge is 0.489 e. The number of nitrogens with one attached hydrogen (secondary N) is 1. The van der Waals surface area contributed by atoms with Crippen LogP contribution in [0.25, 0.3) is 0 Å². The van der Waals surface area contributed by atoms with Gasteiger partial charge in [-0.2, -0.15) is 0 Å². The first kappa shape index (κ1) is 16.0.